The number of hydrogen-bond donors (Lipinski definition) is 3. The normalized spacial score (nSPS) is 18.9. The molecule has 1 aromatic heterocycles. The number of primary amides is 1. The van der Waals surface area contributed by atoms with Crippen LogP contribution in [-0.4, -0.2) is 41.3 Å². The van der Waals surface area contributed by atoms with Gasteiger partial charge in [0.05, 0.1) is 12.5 Å². The number of rotatable bonds is 5. The van der Waals surface area contributed by atoms with E-state index >= 15 is 0 Å². The summed E-state index contributed by atoms with van der Waals surface area (Å²) in [6.45, 7) is 2.17. The van der Waals surface area contributed by atoms with Crippen molar-refractivity contribution < 1.29 is 9.59 Å². The SMILES string of the molecule is NC(=O)CN1CCCC(C(=O)NCc2cccc3[nH]ccc23)C1. The summed E-state index contributed by atoms with van der Waals surface area (Å²) in [6.07, 6.45) is 3.67. The van der Waals surface area contributed by atoms with Gasteiger partial charge in [0.15, 0.2) is 0 Å². The maximum atomic E-state index is 12.4. The van der Waals surface area contributed by atoms with Crippen LogP contribution in [0.25, 0.3) is 10.9 Å². The maximum Gasteiger partial charge on any atom is 0.231 e. The summed E-state index contributed by atoms with van der Waals surface area (Å²) >= 11 is 0. The molecule has 0 bridgehead atoms. The summed E-state index contributed by atoms with van der Waals surface area (Å²) in [5.41, 5.74) is 7.41. The van der Waals surface area contributed by atoms with E-state index in [1.165, 1.54) is 0 Å². The highest BCUT2D eigenvalue weighted by molar-refractivity contribution is 5.84. The van der Waals surface area contributed by atoms with E-state index in [-0.39, 0.29) is 24.3 Å². The second-order valence-electron chi connectivity index (χ2n) is 6.11. The molecule has 1 saturated heterocycles. The zero-order valence-electron chi connectivity index (χ0n) is 13.0. The maximum absolute atomic E-state index is 12.4. The zero-order valence-corrected chi connectivity index (χ0v) is 13.0. The van der Waals surface area contributed by atoms with E-state index in [0.29, 0.717) is 13.1 Å². The lowest BCUT2D eigenvalue weighted by atomic mass is 9.97. The fourth-order valence-corrected chi connectivity index (χ4v) is 3.26. The number of carbonyl (C=O) groups is 2. The number of likely N-dealkylation sites (tertiary alicyclic amines) is 1. The molecule has 1 fully saturated rings. The van der Waals surface area contributed by atoms with Gasteiger partial charge < -0.3 is 16.0 Å². The number of nitrogens with one attached hydrogen (secondary N) is 2. The Morgan fingerprint density at radius 2 is 2.22 bits per heavy atom. The summed E-state index contributed by atoms with van der Waals surface area (Å²) in [6, 6.07) is 8.04. The van der Waals surface area contributed by atoms with Crippen LogP contribution in [0.4, 0.5) is 0 Å². The van der Waals surface area contributed by atoms with E-state index in [4.69, 9.17) is 5.73 Å². The minimum atomic E-state index is -0.342. The number of H-pyrrole nitrogens is 1. The number of benzene rings is 1. The zero-order chi connectivity index (χ0) is 16.2. The van der Waals surface area contributed by atoms with Gasteiger partial charge in [-0.05, 0) is 37.1 Å². The molecule has 0 spiro atoms. The Balaban J connectivity index is 1.58. The van der Waals surface area contributed by atoms with Crippen molar-refractivity contribution in [2.45, 2.75) is 19.4 Å². The van der Waals surface area contributed by atoms with Crippen molar-refractivity contribution in [2.75, 3.05) is 19.6 Å². The van der Waals surface area contributed by atoms with Crippen molar-refractivity contribution in [1.82, 2.24) is 15.2 Å². The first-order valence-electron chi connectivity index (χ1n) is 7.97. The van der Waals surface area contributed by atoms with Gasteiger partial charge in [0.2, 0.25) is 11.8 Å². The first-order valence-corrected chi connectivity index (χ1v) is 7.97. The third kappa shape index (κ3) is 3.71. The van der Waals surface area contributed by atoms with E-state index in [1.54, 1.807) is 0 Å². The third-order valence-corrected chi connectivity index (χ3v) is 4.39. The van der Waals surface area contributed by atoms with Crippen LogP contribution >= 0.6 is 0 Å². The molecule has 1 atom stereocenters. The Labute approximate surface area is 135 Å². The fraction of sp³-hybridized carbons (Fsp3) is 0.412. The van der Waals surface area contributed by atoms with Gasteiger partial charge in [-0.1, -0.05) is 12.1 Å². The first kappa shape index (κ1) is 15.6. The third-order valence-electron chi connectivity index (χ3n) is 4.39. The number of hydrogen-bond acceptors (Lipinski definition) is 3. The van der Waals surface area contributed by atoms with Crippen molar-refractivity contribution in [3.05, 3.63) is 36.0 Å². The predicted molar refractivity (Wildman–Crippen MR) is 88.5 cm³/mol. The standard InChI is InChI=1S/C17H22N4O2/c18-16(22)11-21-8-2-4-13(10-21)17(23)20-9-12-3-1-5-15-14(12)6-7-19-15/h1,3,5-7,13,19H,2,4,8-11H2,(H2,18,22)(H,20,23). The number of aromatic nitrogens is 1. The van der Waals surface area contributed by atoms with E-state index in [1.807, 2.05) is 35.4 Å². The smallest absolute Gasteiger partial charge is 0.231 e. The van der Waals surface area contributed by atoms with Crippen LogP contribution in [0.2, 0.25) is 0 Å². The van der Waals surface area contributed by atoms with Crippen LogP contribution in [-0.2, 0) is 16.1 Å². The molecular weight excluding hydrogens is 292 g/mol. The fourth-order valence-electron chi connectivity index (χ4n) is 3.26. The number of amides is 2. The molecule has 6 nitrogen and oxygen atoms in total. The number of aromatic amines is 1. The molecule has 0 aliphatic carbocycles. The molecule has 2 heterocycles. The molecule has 1 aliphatic rings. The second kappa shape index (κ2) is 6.83. The summed E-state index contributed by atoms with van der Waals surface area (Å²) in [7, 11) is 0. The molecular formula is C17H22N4O2. The van der Waals surface area contributed by atoms with Gasteiger partial charge in [-0.15, -0.1) is 0 Å². The number of nitrogens with zero attached hydrogens (tertiary/aromatic N) is 1. The largest absolute Gasteiger partial charge is 0.369 e. The second-order valence-corrected chi connectivity index (χ2v) is 6.11. The Hall–Kier alpha value is -2.34. The molecule has 0 saturated carbocycles. The minimum absolute atomic E-state index is 0.0479. The highest BCUT2D eigenvalue weighted by Crippen LogP contribution is 2.19. The van der Waals surface area contributed by atoms with E-state index in [9.17, 15) is 9.59 Å². The molecule has 1 unspecified atom stereocenters. The lowest BCUT2D eigenvalue weighted by Crippen LogP contribution is -2.45. The monoisotopic (exact) mass is 314 g/mol. The summed E-state index contributed by atoms with van der Waals surface area (Å²) in [5, 5.41) is 4.16. The quantitative estimate of drug-likeness (QED) is 0.768. The minimum Gasteiger partial charge on any atom is -0.369 e. The molecule has 1 aromatic carbocycles. The van der Waals surface area contributed by atoms with Crippen LogP contribution < -0.4 is 11.1 Å². The molecule has 1 aliphatic heterocycles. The van der Waals surface area contributed by atoms with E-state index < -0.39 is 0 Å². The van der Waals surface area contributed by atoms with Crippen molar-refractivity contribution in [3.63, 3.8) is 0 Å². The van der Waals surface area contributed by atoms with Gasteiger partial charge in [0.25, 0.3) is 0 Å². The van der Waals surface area contributed by atoms with Crippen LogP contribution in [0, 0.1) is 5.92 Å². The molecule has 2 aromatic rings. The average Bonchev–Trinajstić information content (AvgIpc) is 3.01. The highest BCUT2D eigenvalue weighted by atomic mass is 16.2. The van der Waals surface area contributed by atoms with Gasteiger partial charge in [-0.2, -0.15) is 0 Å². The number of nitrogens with two attached hydrogens (primary N) is 1. The Morgan fingerprint density at radius 1 is 1.35 bits per heavy atom. The van der Waals surface area contributed by atoms with Crippen LogP contribution in [0.15, 0.2) is 30.5 Å². The lowest BCUT2D eigenvalue weighted by molar-refractivity contribution is -0.128. The van der Waals surface area contributed by atoms with Crippen molar-refractivity contribution in [2.24, 2.45) is 11.7 Å². The Bertz CT molecular complexity index is 709. The lowest BCUT2D eigenvalue weighted by Gasteiger charge is -2.31. The molecule has 122 valence electrons. The van der Waals surface area contributed by atoms with Gasteiger partial charge in [-0.3, -0.25) is 14.5 Å². The number of piperidine rings is 1. The predicted octanol–water partition coefficient (Wildman–Crippen LogP) is 0.981. The topological polar surface area (TPSA) is 91.2 Å². The van der Waals surface area contributed by atoms with Gasteiger partial charge in [0, 0.05) is 30.2 Å². The summed E-state index contributed by atoms with van der Waals surface area (Å²) in [5.74, 6) is -0.370. The molecule has 6 heteroatoms. The Kier molecular flexibility index (Phi) is 4.62. The van der Waals surface area contributed by atoms with Crippen molar-refractivity contribution in [1.29, 1.82) is 0 Å². The van der Waals surface area contributed by atoms with Crippen LogP contribution in [0.3, 0.4) is 0 Å². The molecule has 0 radical (unpaired) electrons. The van der Waals surface area contributed by atoms with Crippen LogP contribution in [0.5, 0.6) is 0 Å². The van der Waals surface area contributed by atoms with Crippen LogP contribution in [0.1, 0.15) is 18.4 Å². The van der Waals surface area contributed by atoms with Crippen molar-refractivity contribution >= 4 is 22.7 Å². The molecule has 2 amide bonds. The van der Waals surface area contributed by atoms with Gasteiger partial charge in [-0.25, -0.2) is 0 Å². The van der Waals surface area contributed by atoms with Gasteiger partial charge in [0.1, 0.15) is 0 Å². The van der Waals surface area contributed by atoms with E-state index in [0.717, 1.165) is 35.9 Å². The Morgan fingerprint density at radius 3 is 3.04 bits per heavy atom. The molecule has 4 N–H and O–H groups in total. The summed E-state index contributed by atoms with van der Waals surface area (Å²) < 4.78 is 0. The molecule has 23 heavy (non-hydrogen) atoms. The van der Waals surface area contributed by atoms with Crippen molar-refractivity contribution in [3.8, 4) is 0 Å². The van der Waals surface area contributed by atoms with Gasteiger partial charge >= 0.3 is 0 Å². The summed E-state index contributed by atoms with van der Waals surface area (Å²) in [4.78, 5) is 28.6. The number of carbonyl (C=O) groups excluding carboxylic acids is 2. The first-order chi connectivity index (χ1) is 11.1. The number of fused-ring (bicyclic) bond motifs is 1. The highest BCUT2D eigenvalue weighted by Gasteiger charge is 2.26. The average molecular weight is 314 g/mol. The molecule has 3 rings (SSSR count). The van der Waals surface area contributed by atoms with E-state index in [2.05, 4.69) is 10.3 Å².